The van der Waals surface area contributed by atoms with Gasteiger partial charge in [0.1, 0.15) is 16.5 Å². The number of aromatic nitrogens is 2. The third-order valence-corrected chi connectivity index (χ3v) is 7.57. The number of benzene rings is 1. The first-order valence-corrected chi connectivity index (χ1v) is 12.1. The van der Waals surface area contributed by atoms with Crippen molar-refractivity contribution in [2.75, 3.05) is 50.8 Å². The Kier molecular flexibility index (Phi) is 5.33. The topological polar surface area (TPSA) is 65.5 Å². The summed E-state index contributed by atoms with van der Waals surface area (Å²) in [5.74, 6) is 2.65. The van der Waals surface area contributed by atoms with E-state index < -0.39 is 0 Å². The highest BCUT2D eigenvalue weighted by atomic mass is 32.1. The van der Waals surface area contributed by atoms with Crippen molar-refractivity contribution in [3.8, 4) is 11.1 Å². The van der Waals surface area contributed by atoms with Gasteiger partial charge >= 0.3 is 0 Å². The molecule has 0 radical (unpaired) electrons. The first-order valence-electron chi connectivity index (χ1n) is 11.2. The number of thiophene rings is 1. The summed E-state index contributed by atoms with van der Waals surface area (Å²) in [5.41, 5.74) is 9.27. The van der Waals surface area contributed by atoms with Crippen molar-refractivity contribution >= 4 is 27.4 Å². The summed E-state index contributed by atoms with van der Waals surface area (Å²) in [4.78, 5) is 16.2. The van der Waals surface area contributed by atoms with E-state index in [4.69, 9.17) is 14.7 Å². The molecular weight excluding hydrogens is 408 g/mol. The van der Waals surface area contributed by atoms with E-state index in [9.17, 15) is 0 Å². The zero-order valence-corrected chi connectivity index (χ0v) is 18.4. The molecule has 3 aromatic rings. The van der Waals surface area contributed by atoms with Crippen molar-refractivity contribution in [3.63, 3.8) is 0 Å². The van der Waals surface area contributed by atoms with Crippen LogP contribution in [0.15, 0.2) is 35.7 Å². The van der Waals surface area contributed by atoms with Crippen LogP contribution in [0.4, 0.5) is 5.82 Å². The van der Waals surface area contributed by atoms with Crippen LogP contribution in [0.25, 0.3) is 21.3 Å². The number of anilines is 1. The first kappa shape index (κ1) is 19.6. The highest BCUT2D eigenvalue weighted by Crippen LogP contribution is 2.39. The van der Waals surface area contributed by atoms with E-state index >= 15 is 0 Å². The number of piperidine rings is 1. The number of hydrogen-bond acceptors (Lipinski definition) is 8. The number of hydrogen-bond donors (Lipinski definition) is 2. The van der Waals surface area contributed by atoms with Crippen molar-refractivity contribution in [1.29, 1.82) is 0 Å². The molecule has 0 saturated carbocycles. The maximum absolute atomic E-state index is 5.52. The Labute approximate surface area is 186 Å². The van der Waals surface area contributed by atoms with Crippen LogP contribution in [0, 0.1) is 5.92 Å². The quantitative estimate of drug-likeness (QED) is 0.651. The molecule has 8 heteroatoms. The molecule has 3 saturated heterocycles. The summed E-state index contributed by atoms with van der Waals surface area (Å²) in [6.45, 7) is 7.32. The lowest BCUT2D eigenvalue weighted by atomic mass is 9.94. The van der Waals surface area contributed by atoms with Gasteiger partial charge in [0.15, 0.2) is 0 Å². The molecule has 2 N–H and O–H groups in total. The average molecular weight is 437 g/mol. The van der Waals surface area contributed by atoms with E-state index in [-0.39, 0.29) is 0 Å². The second-order valence-electron chi connectivity index (χ2n) is 8.67. The Bertz CT molecular complexity index is 1050. The summed E-state index contributed by atoms with van der Waals surface area (Å²) in [6.07, 6.45) is 1.13. The predicted molar refractivity (Wildman–Crippen MR) is 124 cm³/mol. The Morgan fingerprint density at radius 3 is 2.84 bits per heavy atom. The number of fused-ring (bicyclic) bond motifs is 2. The zero-order chi connectivity index (χ0) is 20.6. The molecule has 31 heavy (non-hydrogen) atoms. The fraction of sp³-hybridized carbons (Fsp3) is 0.478. The standard InChI is InChI=1S/C23H28N6OS/c1-2-4-16(5-3-1)18-15-31-23-21(18)22(29-7-6-19-17(13-29)12-24-27-19)25-20(26-23)14-28-8-10-30-11-9-28/h1-5,15,17,19,24,27H,6-14H2. The van der Waals surface area contributed by atoms with Gasteiger partial charge in [-0.1, -0.05) is 30.3 Å². The fourth-order valence-corrected chi connectivity index (χ4v) is 5.96. The summed E-state index contributed by atoms with van der Waals surface area (Å²) >= 11 is 1.74. The molecule has 6 rings (SSSR count). The van der Waals surface area contributed by atoms with Gasteiger partial charge in [-0.3, -0.25) is 15.8 Å². The zero-order valence-electron chi connectivity index (χ0n) is 17.6. The van der Waals surface area contributed by atoms with Gasteiger partial charge in [0, 0.05) is 55.6 Å². The first-order chi connectivity index (χ1) is 15.3. The minimum atomic E-state index is 0.567. The molecule has 162 valence electrons. The van der Waals surface area contributed by atoms with Gasteiger partial charge < -0.3 is 9.64 Å². The van der Waals surface area contributed by atoms with Gasteiger partial charge in [-0.05, 0) is 12.0 Å². The molecule has 3 aliphatic heterocycles. The molecule has 3 aliphatic rings. The molecule has 2 atom stereocenters. The Morgan fingerprint density at radius 1 is 1.10 bits per heavy atom. The number of ether oxygens (including phenoxy) is 1. The Balaban J connectivity index is 1.42. The minimum Gasteiger partial charge on any atom is -0.379 e. The third-order valence-electron chi connectivity index (χ3n) is 6.70. The number of morpholine rings is 1. The molecule has 7 nitrogen and oxygen atoms in total. The molecular formula is C23H28N6OS. The van der Waals surface area contributed by atoms with E-state index in [1.807, 2.05) is 0 Å². The molecule has 0 spiro atoms. The third kappa shape index (κ3) is 3.83. The van der Waals surface area contributed by atoms with Crippen LogP contribution in [0.2, 0.25) is 0 Å². The number of hydrazine groups is 1. The maximum Gasteiger partial charge on any atom is 0.146 e. The molecule has 2 unspecified atom stereocenters. The maximum atomic E-state index is 5.52. The van der Waals surface area contributed by atoms with Crippen LogP contribution < -0.4 is 15.8 Å². The normalized spacial score (nSPS) is 24.6. The molecule has 3 fully saturated rings. The Morgan fingerprint density at radius 2 is 1.97 bits per heavy atom. The predicted octanol–water partition coefficient (Wildman–Crippen LogP) is 2.49. The summed E-state index contributed by atoms with van der Waals surface area (Å²) in [6, 6.07) is 11.2. The summed E-state index contributed by atoms with van der Waals surface area (Å²) in [7, 11) is 0. The van der Waals surface area contributed by atoms with Gasteiger partial charge in [0.25, 0.3) is 0 Å². The lowest BCUT2D eigenvalue weighted by Gasteiger charge is -2.35. The Hall–Kier alpha value is -2.10. The lowest BCUT2D eigenvalue weighted by Crippen LogP contribution is -2.45. The van der Waals surface area contributed by atoms with E-state index in [1.165, 1.54) is 16.5 Å². The molecule has 0 aliphatic carbocycles. The van der Waals surface area contributed by atoms with Crippen molar-refractivity contribution < 1.29 is 4.74 Å². The van der Waals surface area contributed by atoms with Gasteiger partial charge in [0.2, 0.25) is 0 Å². The fourth-order valence-electron chi connectivity index (χ4n) is 5.00. The summed E-state index contributed by atoms with van der Waals surface area (Å²) in [5, 5.41) is 3.46. The number of nitrogens with one attached hydrogen (secondary N) is 2. The van der Waals surface area contributed by atoms with Crippen LogP contribution >= 0.6 is 11.3 Å². The SMILES string of the molecule is c1ccc(-c2csc3nc(CN4CCOCC4)nc(N4CCC5NNCC5C4)c23)cc1. The second-order valence-corrected chi connectivity index (χ2v) is 9.53. The van der Waals surface area contributed by atoms with Crippen LogP contribution in [0.3, 0.4) is 0 Å². The van der Waals surface area contributed by atoms with Gasteiger partial charge in [0.05, 0.1) is 25.1 Å². The molecule has 0 bridgehead atoms. The number of rotatable bonds is 4. The average Bonchev–Trinajstić information content (AvgIpc) is 3.46. The van der Waals surface area contributed by atoms with Crippen LogP contribution in [0.5, 0.6) is 0 Å². The van der Waals surface area contributed by atoms with Crippen molar-refractivity contribution in [1.82, 2.24) is 25.7 Å². The van der Waals surface area contributed by atoms with Crippen molar-refractivity contribution in [3.05, 3.63) is 41.5 Å². The van der Waals surface area contributed by atoms with Crippen molar-refractivity contribution in [2.24, 2.45) is 5.92 Å². The van der Waals surface area contributed by atoms with Gasteiger partial charge in [-0.2, -0.15) is 0 Å². The highest BCUT2D eigenvalue weighted by molar-refractivity contribution is 7.17. The van der Waals surface area contributed by atoms with Gasteiger partial charge in [-0.15, -0.1) is 11.3 Å². The van der Waals surface area contributed by atoms with E-state index in [1.54, 1.807) is 11.3 Å². The van der Waals surface area contributed by atoms with Gasteiger partial charge in [-0.25, -0.2) is 9.97 Å². The van der Waals surface area contributed by atoms with Crippen LogP contribution in [0.1, 0.15) is 12.2 Å². The molecule has 5 heterocycles. The largest absolute Gasteiger partial charge is 0.379 e. The van der Waals surface area contributed by atoms with E-state index in [2.05, 4.69) is 56.4 Å². The molecule has 0 amide bonds. The highest BCUT2D eigenvalue weighted by Gasteiger charge is 2.34. The number of nitrogens with zero attached hydrogens (tertiary/aromatic N) is 4. The smallest absolute Gasteiger partial charge is 0.146 e. The molecule has 1 aromatic carbocycles. The second kappa shape index (κ2) is 8.44. The monoisotopic (exact) mass is 436 g/mol. The lowest BCUT2D eigenvalue weighted by molar-refractivity contribution is 0.0331. The van der Waals surface area contributed by atoms with Crippen LogP contribution in [-0.4, -0.2) is 66.8 Å². The minimum absolute atomic E-state index is 0.567. The van der Waals surface area contributed by atoms with E-state index in [0.717, 1.165) is 75.4 Å². The van der Waals surface area contributed by atoms with Crippen molar-refractivity contribution in [2.45, 2.75) is 19.0 Å². The van der Waals surface area contributed by atoms with Crippen LogP contribution in [-0.2, 0) is 11.3 Å². The van der Waals surface area contributed by atoms with E-state index in [0.29, 0.717) is 12.0 Å². The molecule has 2 aromatic heterocycles. The summed E-state index contributed by atoms with van der Waals surface area (Å²) < 4.78 is 5.52.